The average molecular weight is 309 g/mol. The lowest BCUT2D eigenvalue weighted by Crippen LogP contribution is -2.33. The van der Waals surface area contributed by atoms with Crippen LogP contribution in [0.1, 0.15) is 12.8 Å². The molecule has 0 N–H and O–H groups in total. The van der Waals surface area contributed by atoms with Crippen LogP contribution in [0.4, 0.5) is 4.79 Å². The lowest BCUT2D eigenvalue weighted by Gasteiger charge is -2.12. The highest BCUT2D eigenvalue weighted by molar-refractivity contribution is 6.01. The van der Waals surface area contributed by atoms with Crippen LogP contribution in [0.3, 0.4) is 0 Å². The first-order valence-corrected chi connectivity index (χ1v) is 6.16. The van der Waals surface area contributed by atoms with Gasteiger partial charge in [0.15, 0.2) is 5.75 Å². The number of nitrogens with zero attached hydrogens (tertiary/aromatic N) is 1. The van der Waals surface area contributed by atoms with Gasteiger partial charge in [0.2, 0.25) is 0 Å². The van der Waals surface area contributed by atoms with Gasteiger partial charge in [-0.25, -0.2) is 4.79 Å². The summed E-state index contributed by atoms with van der Waals surface area (Å²) in [5.41, 5.74) is 0. The minimum absolute atomic E-state index is 0.0230. The highest BCUT2D eigenvalue weighted by atomic mass is 17.2. The molecule has 1 aromatic carbocycles. The Bertz CT molecular complexity index is 525. The Labute approximate surface area is 126 Å². The first kappa shape index (κ1) is 17.2. The molecule has 0 bridgehead atoms. The van der Waals surface area contributed by atoms with Crippen molar-refractivity contribution in [1.82, 2.24) is 5.06 Å². The van der Waals surface area contributed by atoms with Gasteiger partial charge in [0.1, 0.15) is 5.75 Å². The summed E-state index contributed by atoms with van der Waals surface area (Å²) in [7, 11) is 1.35. The molecule has 118 valence electrons. The van der Waals surface area contributed by atoms with Crippen LogP contribution in [-0.2, 0) is 19.3 Å². The Morgan fingerprint density at radius 3 is 2.05 bits per heavy atom. The van der Waals surface area contributed by atoms with Gasteiger partial charge in [0, 0.05) is 12.8 Å². The fourth-order valence-electron chi connectivity index (χ4n) is 1.51. The summed E-state index contributed by atoms with van der Waals surface area (Å²) in [5, 5.41) is 0.407. The van der Waals surface area contributed by atoms with Crippen LogP contribution >= 0.6 is 0 Å². The number of amides is 2. The van der Waals surface area contributed by atoms with Crippen LogP contribution in [0.15, 0.2) is 37.4 Å². The van der Waals surface area contributed by atoms with E-state index in [1.807, 2.05) is 0 Å². The molecule has 8 heteroatoms. The standard InChI is InChI=1S/C12H11NO7.C2H4/c1-17-20-9-4-2-8(3-5-9)18-12(16)19-13-10(14)6-7-11(13)15;1-2/h2-5H,6-7H2,1H3;1-2H2. The van der Waals surface area contributed by atoms with Gasteiger partial charge < -0.3 is 9.62 Å². The van der Waals surface area contributed by atoms with Crippen molar-refractivity contribution in [2.24, 2.45) is 0 Å². The Morgan fingerprint density at radius 2 is 1.55 bits per heavy atom. The van der Waals surface area contributed by atoms with E-state index >= 15 is 0 Å². The summed E-state index contributed by atoms with van der Waals surface area (Å²) in [5.74, 6) is -0.567. The average Bonchev–Trinajstić information content (AvgIpc) is 2.83. The Hall–Kier alpha value is -2.87. The molecule has 0 spiro atoms. The molecule has 1 fully saturated rings. The topological polar surface area (TPSA) is 91.4 Å². The molecule has 2 rings (SSSR count). The number of rotatable bonds is 4. The molecular weight excluding hydrogens is 294 g/mol. The summed E-state index contributed by atoms with van der Waals surface area (Å²) in [4.78, 5) is 47.6. The van der Waals surface area contributed by atoms with Crippen LogP contribution in [0, 0.1) is 0 Å². The van der Waals surface area contributed by atoms with Crippen molar-refractivity contribution in [3.8, 4) is 11.5 Å². The predicted octanol–water partition coefficient (Wildman–Crippen LogP) is 2.01. The first-order chi connectivity index (χ1) is 10.6. The van der Waals surface area contributed by atoms with E-state index in [1.54, 1.807) is 0 Å². The number of hydroxylamine groups is 2. The quantitative estimate of drug-likeness (QED) is 0.210. The van der Waals surface area contributed by atoms with E-state index in [-0.39, 0.29) is 18.6 Å². The van der Waals surface area contributed by atoms with Crippen LogP contribution in [0.2, 0.25) is 0 Å². The lowest BCUT2D eigenvalue weighted by molar-refractivity contribution is -0.178. The first-order valence-electron chi connectivity index (χ1n) is 6.16. The maximum atomic E-state index is 11.4. The molecule has 0 aromatic heterocycles. The fourth-order valence-corrected chi connectivity index (χ4v) is 1.51. The van der Waals surface area contributed by atoms with E-state index in [0.717, 1.165) is 0 Å². The van der Waals surface area contributed by atoms with Gasteiger partial charge >= 0.3 is 6.16 Å². The van der Waals surface area contributed by atoms with Gasteiger partial charge in [-0.2, -0.15) is 4.89 Å². The smallest absolute Gasteiger partial charge is 0.393 e. The van der Waals surface area contributed by atoms with Gasteiger partial charge in [-0.3, -0.25) is 14.4 Å². The molecule has 1 aliphatic heterocycles. The van der Waals surface area contributed by atoms with Crippen molar-refractivity contribution in [3.63, 3.8) is 0 Å². The van der Waals surface area contributed by atoms with Gasteiger partial charge in [-0.05, 0) is 24.3 Å². The van der Waals surface area contributed by atoms with E-state index < -0.39 is 18.0 Å². The fraction of sp³-hybridized carbons (Fsp3) is 0.214. The molecule has 0 radical (unpaired) electrons. The predicted molar refractivity (Wildman–Crippen MR) is 73.5 cm³/mol. The molecule has 0 atom stereocenters. The third kappa shape index (κ3) is 4.60. The summed E-state index contributed by atoms with van der Waals surface area (Å²) in [6.07, 6.45) is -1.13. The Balaban J connectivity index is 0.00000116. The molecule has 1 aromatic rings. The number of hydrogen-bond acceptors (Lipinski definition) is 7. The number of carbonyl (C=O) groups excluding carboxylic acids is 3. The third-order valence-corrected chi connectivity index (χ3v) is 2.38. The van der Waals surface area contributed by atoms with E-state index in [9.17, 15) is 14.4 Å². The minimum Gasteiger partial charge on any atom is -0.393 e. The van der Waals surface area contributed by atoms with Crippen molar-refractivity contribution in [3.05, 3.63) is 37.4 Å². The molecule has 22 heavy (non-hydrogen) atoms. The summed E-state index contributed by atoms with van der Waals surface area (Å²) < 4.78 is 4.80. The number of ether oxygens (including phenoxy) is 1. The van der Waals surface area contributed by atoms with E-state index in [4.69, 9.17) is 9.62 Å². The second-order valence-electron chi connectivity index (χ2n) is 3.75. The largest absolute Gasteiger partial charge is 0.539 e. The molecule has 2 amide bonds. The van der Waals surface area contributed by atoms with Gasteiger partial charge in [-0.1, -0.05) is 5.06 Å². The van der Waals surface area contributed by atoms with E-state index in [0.29, 0.717) is 10.8 Å². The molecule has 1 saturated heterocycles. The molecule has 0 aliphatic carbocycles. The molecule has 8 nitrogen and oxygen atoms in total. The molecule has 1 aliphatic rings. The van der Waals surface area contributed by atoms with Crippen LogP contribution < -0.4 is 9.62 Å². The molecule has 0 unspecified atom stereocenters. The molecule has 1 heterocycles. The SMILES string of the molecule is C=C.COOc1ccc(OC(=O)ON2C(=O)CCC2=O)cc1. The number of hydrogen-bond donors (Lipinski definition) is 0. The van der Waals surface area contributed by atoms with Gasteiger partial charge in [0.25, 0.3) is 11.8 Å². The maximum absolute atomic E-state index is 11.4. The summed E-state index contributed by atoms with van der Waals surface area (Å²) in [6, 6.07) is 5.86. The van der Waals surface area contributed by atoms with Gasteiger partial charge in [-0.15, -0.1) is 13.2 Å². The normalized spacial score (nSPS) is 13.2. The maximum Gasteiger partial charge on any atom is 0.539 e. The highest BCUT2D eigenvalue weighted by Crippen LogP contribution is 2.19. The zero-order valence-corrected chi connectivity index (χ0v) is 11.9. The van der Waals surface area contributed by atoms with Crippen molar-refractivity contribution in [2.75, 3.05) is 7.11 Å². The molecule has 0 saturated carbocycles. The summed E-state index contributed by atoms with van der Waals surface area (Å²) >= 11 is 0. The zero-order valence-electron chi connectivity index (χ0n) is 11.9. The van der Waals surface area contributed by atoms with Crippen molar-refractivity contribution in [2.45, 2.75) is 12.8 Å². The number of benzene rings is 1. The van der Waals surface area contributed by atoms with Gasteiger partial charge in [0.05, 0.1) is 7.11 Å². The highest BCUT2D eigenvalue weighted by Gasteiger charge is 2.33. The van der Waals surface area contributed by atoms with Crippen LogP contribution in [0.5, 0.6) is 11.5 Å². The van der Waals surface area contributed by atoms with Crippen LogP contribution in [0.25, 0.3) is 0 Å². The summed E-state index contributed by atoms with van der Waals surface area (Å²) in [6.45, 7) is 6.00. The Morgan fingerprint density at radius 1 is 1.05 bits per heavy atom. The zero-order chi connectivity index (χ0) is 16.5. The monoisotopic (exact) mass is 309 g/mol. The second-order valence-corrected chi connectivity index (χ2v) is 3.75. The number of imide groups is 1. The lowest BCUT2D eigenvalue weighted by atomic mass is 10.3. The minimum atomic E-state index is -1.17. The number of carbonyl (C=O) groups is 3. The Kier molecular flexibility index (Phi) is 6.58. The van der Waals surface area contributed by atoms with Crippen molar-refractivity contribution in [1.29, 1.82) is 0 Å². The van der Waals surface area contributed by atoms with E-state index in [2.05, 4.69) is 22.9 Å². The molecular formula is C14H15NO7. The van der Waals surface area contributed by atoms with Crippen molar-refractivity contribution >= 4 is 18.0 Å². The van der Waals surface area contributed by atoms with E-state index in [1.165, 1.54) is 31.4 Å². The van der Waals surface area contributed by atoms with Crippen LogP contribution in [-0.4, -0.2) is 30.1 Å². The van der Waals surface area contributed by atoms with Crippen molar-refractivity contribution < 1.29 is 33.7 Å². The third-order valence-electron chi connectivity index (χ3n) is 2.38. The second kappa shape index (κ2) is 8.42.